The lowest BCUT2D eigenvalue weighted by Crippen LogP contribution is -1.84. The van der Waals surface area contributed by atoms with Crippen LogP contribution in [0.25, 0.3) is 0 Å². The maximum absolute atomic E-state index is 5.62. The first-order valence-electron chi connectivity index (χ1n) is 3.88. The number of nitrogen functional groups attached to an aromatic ring is 1. The highest BCUT2D eigenvalue weighted by Gasteiger charge is 2.05. The number of anilines is 1. The average Bonchev–Trinajstić information content (AvgIpc) is 2.62. The third-order valence-electron chi connectivity index (χ3n) is 1.56. The van der Waals surface area contributed by atoms with Crippen molar-refractivity contribution >= 4 is 33.4 Å². The monoisotopic (exact) mass is 270 g/mol. The van der Waals surface area contributed by atoms with E-state index in [1.54, 1.807) is 12.5 Å². The molecule has 0 saturated carbocycles. The van der Waals surface area contributed by atoms with E-state index in [-0.39, 0.29) is 0 Å². The van der Waals surface area contributed by atoms with Crippen molar-refractivity contribution in [2.45, 2.75) is 10.1 Å². The molecule has 2 N–H and O–H groups in total. The summed E-state index contributed by atoms with van der Waals surface area (Å²) in [4.78, 5) is 5.05. The quantitative estimate of drug-likeness (QED) is 0.852. The van der Waals surface area contributed by atoms with Crippen LogP contribution in [0.4, 0.5) is 5.69 Å². The SMILES string of the molecule is Nc1ccc(Sc2ncco2)c(Br)c1. The zero-order valence-corrected chi connectivity index (χ0v) is 9.51. The fourth-order valence-electron chi connectivity index (χ4n) is 0.955. The predicted octanol–water partition coefficient (Wildman–Crippen LogP) is 3.17. The molecule has 0 bridgehead atoms. The van der Waals surface area contributed by atoms with E-state index in [1.807, 2.05) is 18.2 Å². The number of oxazole rings is 1. The molecule has 0 amide bonds. The van der Waals surface area contributed by atoms with Crippen molar-refractivity contribution in [3.63, 3.8) is 0 Å². The highest BCUT2D eigenvalue weighted by atomic mass is 79.9. The molecule has 0 saturated heterocycles. The number of aromatic nitrogens is 1. The molecular formula is C9H7BrN2OS. The molecular weight excluding hydrogens is 264 g/mol. The van der Waals surface area contributed by atoms with Crippen LogP contribution in [0.2, 0.25) is 0 Å². The lowest BCUT2D eigenvalue weighted by atomic mass is 10.3. The number of halogens is 1. The lowest BCUT2D eigenvalue weighted by molar-refractivity contribution is 0.454. The van der Waals surface area contributed by atoms with Gasteiger partial charge >= 0.3 is 0 Å². The Kier molecular flexibility index (Phi) is 2.79. The van der Waals surface area contributed by atoms with E-state index in [4.69, 9.17) is 10.2 Å². The van der Waals surface area contributed by atoms with Gasteiger partial charge in [0.15, 0.2) is 0 Å². The van der Waals surface area contributed by atoms with Crippen molar-refractivity contribution in [3.8, 4) is 0 Å². The van der Waals surface area contributed by atoms with Crippen LogP contribution >= 0.6 is 27.7 Å². The van der Waals surface area contributed by atoms with Crippen molar-refractivity contribution < 1.29 is 4.42 Å². The van der Waals surface area contributed by atoms with E-state index in [1.165, 1.54) is 11.8 Å². The summed E-state index contributed by atoms with van der Waals surface area (Å²) >= 11 is 4.87. The molecule has 72 valence electrons. The van der Waals surface area contributed by atoms with E-state index in [9.17, 15) is 0 Å². The van der Waals surface area contributed by atoms with Crippen molar-refractivity contribution in [1.82, 2.24) is 4.98 Å². The summed E-state index contributed by atoms with van der Waals surface area (Å²) in [5, 5.41) is 0.621. The number of hydrogen-bond donors (Lipinski definition) is 1. The normalized spacial score (nSPS) is 10.4. The fraction of sp³-hybridized carbons (Fsp3) is 0. The van der Waals surface area contributed by atoms with Crippen LogP contribution in [0.1, 0.15) is 0 Å². The summed E-state index contributed by atoms with van der Waals surface area (Å²) < 4.78 is 6.07. The molecule has 1 aromatic heterocycles. The lowest BCUT2D eigenvalue weighted by Gasteiger charge is -2.01. The number of nitrogens with two attached hydrogens (primary N) is 1. The van der Waals surface area contributed by atoms with Gasteiger partial charge in [0, 0.05) is 15.1 Å². The van der Waals surface area contributed by atoms with Crippen LogP contribution < -0.4 is 5.73 Å². The first kappa shape index (κ1) is 9.61. The van der Waals surface area contributed by atoms with Gasteiger partial charge in [-0.3, -0.25) is 0 Å². The third kappa shape index (κ3) is 2.10. The molecule has 1 aromatic carbocycles. The molecule has 3 nitrogen and oxygen atoms in total. The molecule has 14 heavy (non-hydrogen) atoms. The summed E-state index contributed by atoms with van der Waals surface area (Å²) in [6, 6.07) is 5.62. The van der Waals surface area contributed by atoms with Gasteiger partial charge in [-0.25, -0.2) is 4.98 Å². The topological polar surface area (TPSA) is 52.0 Å². The van der Waals surface area contributed by atoms with Gasteiger partial charge in [0.25, 0.3) is 5.22 Å². The highest BCUT2D eigenvalue weighted by Crippen LogP contribution is 2.33. The number of rotatable bonds is 2. The Morgan fingerprint density at radius 3 is 2.93 bits per heavy atom. The zero-order valence-electron chi connectivity index (χ0n) is 7.11. The van der Waals surface area contributed by atoms with Crippen molar-refractivity contribution in [2.24, 2.45) is 0 Å². The highest BCUT2D eigenvalue weighted by molar-refractivity contribution is 9.10. The zero-order chi connectivity index (χ0) is 9.97. The Balaban J connectivity index is 2.25. The van der Waals surface area contributed by atoms with E-state index in [2.05, 4.69) is 20.9 Å². The Morgan fingerprint density at radius 2 is 2.29 bits per heavy atom. The maximum atomic E-state index is 5.62. The Morgan fingerprint density at radius 1 is 1.43 bits per heavy atom. The molecule has 0 aliphatic rings. The number of benzene rings is 1. The second-order valence-corrected chi connectivity index (χ2v) is 4.44. The molecule has 0 aliphatic heterocycles. The van der Waals surface area contributed by atoms with Crippen LogP contribution in [0.5, 0.6) is 0 Å². The summed E-state index contributed by atoms with van der Waals surface area (Å²) in [6.07, 6.45) is 3.17. The van der Waals surface area contributed by atoms with Crippen LogP contribution in [0.15, 0.2) is 49.7 Å². The molecule has 0 aliphatic carbocycles. The van der Waals surface area contributed by atoms with E-state index < -0.39 is 0 Å². The molecule has 0 radical (unpaired) electrons. The van der Waals surface area contributed by atoms with Crippen molar-refractivity contribution in [2.75, 3.05) is 5.73 Å². The molecule has 0 unspecified atom stereocenters. The molecule has 2 rings (SSSR count). The molecule has 0 spiro atoms. The summed E-state index contributed by atoms with van der Waals surface area (Å²) in [5.74, 6) is 0. The maximum Gasteiger partial charge on any atom is 0.260 e. The van der Waals surface area contributed by atoms with Gasteiger partial charge < -0.3 is 10.2 Å². The minimum Gasteiger partial charge on any atom is -0.440 e. The smallest absolute Gasteiger partial charge is 0.260 e. The summed E-state index contributed by atoms with van der Waals surface area (Å²) in [6.45, 7) is 0. The summed E-state index contributed by atoms with van der Waals surface area (Å²) in [5.41, 5.74) is 6.35. The van der Waals surface area contributed by atoms with Crippen LogP contribution in [-0.2, 0) is 0 Å². The molecule has 2 aromatic rings. The average molecular weight is 271 g/mol. The van der Waals surface area contributed by atoms with Gasteiger partial charge in [0.1, 0.15) is 6.26 Å². The van der Waals surface area contributed by atoms with Gasteiger partial charge in [-0.15, -0.1) is 0 Å². The molecule has 1 heterocycles. The van der Waals surface area contributed by atoms with Crippen LogP contribution in [0, 0.1) is 0 Å². The van der Waals surface area contributed by atoms with Gasteiger partial charge in [-0.2, -0.15) is 0 Å². The largest absolute Gasteiger partial charge is 0.440 e. The van der Waals surface area contributed by atoms with Crippen molar-refractivity contribution in [3.05, 3.63) is 35.1 Å². The molecule has 5 heteroatoms. The minimum absolute atomic E-state index is 0.621. The first-order valence-corrected chi connectivity index (χ1v) is 5.49. The van der Waals surface area contributed by atoms with Gasteiger partial charge in [0.2, 0.25) is 0 Å². The van der Waals surface area contributed by atoms with Crippen LogP contribution in [0.3, 0.4) is 0 Å². The standard InChI is InChI=1S/C9H7BrN2OS/c10-7-5-6(11)1-2-8(7)14-9-12-3-4-13-9/h1-5H,11H2. The van der Waals surface area contributed by atoms with E-state index in [0.717, 1.165) is 15.1 Å². The number of hydrogen-bond acceptors (Lipinski definition) is 4. The van der Waals surface area contributed by atoms with Gasteiger partial charge in [0.05, 0.1) is 6.20 Å². The van der Waals surface area contributed by atoms with Crippen molar-refractivity contribution in [1.29, 1.82) is 0 Å². The third-order valence-corrected chi connectivity index (χ3v) is 3.43. The second-order valence-electron chi connectivity index (χ2n) is 2.59. The Hall–Kier alpha value is -0.940. The fourth-order valence-corrected chi connectivity index (χ4v) is 2.29. The van der Waals surface area contributed by atoms with E-state index >= 15 is 0 Å². The predicted molar refractivity (Wildman–Crippen MR) is 59.2 cm³/mol. The molecule has 0 atom stereocenters. The second kappa shape index (κ2) is 4.06. The van der Waals surface area contributed by atoms with E-state index in [0.29, 0.717) is 5.22 Å². The Labute approximate surface area is 93.8 Å². The summed E-state index contributed by atoms with van der Waals surface area (Å²) in [7, 11) is 0. The molecule has 0 fully saturated rings. The van der Waals surface area contributed by atoms with Gasteiger partial charge in [-0.1, -0.05) is 0 Å². The minimum atomic E-state index is 0.621. The first-order chi connectivity index (χ1) is 6.75. The van der Waals surface area contributed by atoms with Crippen LogP contribution in [-0.4, -0.2) is 4.98 Å². The van der Waals surface area contributed by atoms with Gasteiger partial charge in [-0.05, 0) is 45.9 Å². The Bertz CT molecular complexity index is 430. The number of nitrogens with zero attached hydrogens (tertiary/aromatic N) is 1.